The number of fused-ring (bicyclic) bond motifs is 1. The van der Waals surface area contributed by atoms with E-state index in [9.17, 15) is 22.4 Å². The van der Waals surface area contributed by atoms with Crippen LogP contribution in [-0.4, -0.2) is 76.4 Å². The first-order valence-electron chi connectivity index (χ1n) is 9.60. The number of piperidine rings is 1. The Morgan fingerprint density at radius 2 is 1.87 bits per heavy atom. The molecule has 30 heavy (non-hydrogen) atoms. The summed E-state index contributed by atoms with van der Waals surface area (Å²) in [6.45, 7) is 3.02. The van der Waals surface area contributed by atoms with E-state index in [4.69, 9.17) is 14.6 Å². The van der Waals surface area contributed by atoms with E-state index in [2.05, 4.69) is 14.9 Å². The summed E-state index contributed by atoms with van der Waals surface area (Å²) in [5.41, 5.74) is 0. The molecular formula is C18H22F4N4O4. The third kappa shape index (κ3) is 5.15. The summed E-state index contributed by atoms with van der Waals surface area (Å²) in [7, 11) is 0. The van der Waals surface area contributed by atoms with Gasteiger partial charge in [0, 0.05) is 38.6 Å². The van der Waals surface area contributed by atoms with Gasteiger partial charge in [-0.25, -0.2) is 19.2 Å². The number of anilines is 1. The minimum absolute atomic E-state index is 0.0395. The van der Waals surface area contributed by atoms with Gasteiger partial charge in [-0.2, -0.15) is 13.2 Å². The smallest absolute Gasteiger partial charge is 0.475 e. The van der Waals surface area contributed by atoms with Crippen LogP contribution in [0.4, 0.5) is 23.5 Å². The Morgan fingerprint density at radius 3 is 2.43 bits per heavy atom. The standard InChI is InChI=1S/C16H21FN4O2.C2HF3O2/c17-12-7-18-16(19-8-12)20-9-11-3-2-6-23-15(11)13(10-20)21-5-1-4-14(21)22;3-2(4,5)1(6)7/h7-8,11,13,15H,1-6,9-10H2;(H,6,7)/t11-,13+,15-;/m0./s1. The molecule has 1 N–H and O–H groups in total. The molecule has 4 rings (SSSR count). The van der Waals surface area contributed by atoms with Crippen molar-refractivity contribution in [3.05, 3.63) is 18.2 Å². The van der Waals surface area contributed by atoms with Crippen LogP contribution in [0.5, 0.6) is 0 Å². The van der Waals surface area contributed by atoms with Gasteiger partial charge in [0.25, 0.3) is 0 Å². The zero-order valence-electron chi connectivity index (χ0n) is 16.0. The Balaban J connectivity index is 0.000000318. The van der Waals surface area contributed by atoms with Gasteiger partial charge in [0.15, 0.2) is 5.82 Å². The molecule has 0 bridgehead atoms. The molecule has 0 aliphatic carbocycles. The summed E-state index contributed by atoms with van der Waals surface area (Å²) in [4.78, 5) is 33.4. The van der Waals surface area contributed by atoms with E-state index < -0.39 is 18.0 Å². The monoisotopic (exact) mass is 434 g/mol. The van der Waals surface area contributed by atoms with E-state index in [1.165, 1.54) is 12.4 Å². The first kappa shape index (κ1) is 22.2. The molecule has 1 aromatic rings. The summed E-state index contributed by atoms with van der Waals surface area (Å²) in [5, 5.41) is 7.12. The third-order valence-electron chi connectivity index (χ3n) is 5.38. The van der Waals surface area contributed by atoms with Gasteiger partial charge >= 0.3 is 12.1 Å². The number of rotatable bonds is 2. The fraction of sp³-hybridized carbons (Fsp3) is 0.667. The van der Waals surface area contributed by atoms with Crippen molar-refractivity contribution in [1.29, 1.82) is 0 Å². The van der Waals surface area contributed by atoms with Crippen molar-refractivity contribution in [3.8, 4) is 0 Å². The molecule has 8 nitrogen and oxygen atoms in total. The lowest BCUT2D eigenvalue weighted by atomic mass is 9.85. The number of ether oxygens (including phenoxy) is 1. The maximum absolute atomic E-state index is 13.1. The number of likely N-dealkylation sites (tertiary alicyclic amines) is 1. The molecule has 3 fully saturated rings. The molecule has 12 heteroatoms. The zero-order chi connectivity index (χ0) is 21.9. The maximum atomic E-state index is 13.1. The quantitative estimate of drug-likeness (QED) is 0.710. The van der Waals surface area contributed by atoms with E-state index in [1.54, 1.807) is 0 Å². The molecule has 3 aliphatic rings. The molecular weight excluding hydrogens is 412 g/mol. The largest absolute Gasteiger partial charge is 0.490 e. The maximum Gasteiger partial charge on any atom is 0.490 e. The number of carboxylic acid groups (broad SMARTS) is 1. The van der Waals surface area contributed by atoms with Crippen LogP contribution in [0.15, 0.2) is 12.4 Å². The SMILES string of the molecule is O=C(O)C(F)(F)F.O=C1CCCN1[C@@H]1CN(c2ncc(F)cn2)C[C@@H]2CCCO[C@@H]21. The Morgan fingerprint density at radius 1 is 1.20 bits per heavy atom. The van der Waals surface area contributed by atoms with Crippen molar-refractivity contribution >= 4 is 17.8 Å². The highest BCUT2D eigenvalue weighted by molar-refractivity contribution is 5.78. The molecule has 1 aromatic heterocycles. The lowest BCUT2D eigenvalue weighted by molar-refractivity contribution is -0.192. The van der Waals surface area contributed by atoms with Crippen LogP contribution < -0.4 is 4.90 Å². The van der Waals surface area contributed by atoms with Gasteiger partial charge in [0.2, 0.25) is 11.9 Å². The van der Waals surface area contributed by atoms with Crippen LogP contribution in [0, 0.1) is 11.7 Å². The Labute approximate surface area is 169 Å². The number of carbonyl (C=O) groups is 2. The number of carboxylic acids is 1. The van der Waals surface area contributed by atoms with E-state index in [0.29, 0.717) is 24.8 Å². The van der Waals surface area contributed by atoms with Gasteiger partial charge in [-0.3, -0.25) is 4.79 Å². The van der Waals surface area contributed by atoms with Crippen LogP contribution in [0.1, 0.15) is 25.7 Å². The van der Waals surface area contributed by atoms with E-state index in [0.717, 1.165) is 39.0 Å². The van der Waals surface area contributed by atoms with Crippen LogP contribution in [0.3, 0.4) is 0 Å². The van der Waals surface area contributed by atoms with Crippen molar-refractivity contribution in [1.82, 2.24) is 14.9 Å². The first-order chi connectivity index (χ1) is 14.2. The van der Waals surface area contributed by atoms with E-state index >= 15 is 0 Å². The highest BCUT2D eigenvalue weighted by Crippen LogP contribution is 2.33. The molecule has 0 unspecified atom stereocenters. The summed E-state index contributed by atoms with van der Waals surface area (Å²) < 4.78 is 50.9. The van der Waals surface area contributed by atoms with Gasteiger partial charge in [0.1, 0.15) is 0 Å². The average molecular weight is 434 g/mol. The predicted molar refractivity (Wildman–Crippen MR) is 95.1 cm³/mol. The lowest BCUT2D eigenvalue weighted by Gasteiger charge is -2.48. The van der Waals surface area contributed by atoms with Crippen molar-refractivity contribution in [3.63, 3.8) is 0 Å². The number of carbonyl (C=O) groups excluding carboxylic acids is 1. The van der Waals surface area contributed by atoms with Gasteiger partial charge in [0.05, 0.1) is 24.5 Å². The predicted octanol–water partition coefficient (Wildman–Crippen LogP) is 1.86. The molecule has 3 saturated heterocycles. The van der Waals surface area contributed by atoms with Crippen molar-refractivity contribution < 1.29 is 37.0 Å². The Bertz CT molecular complexity index is 762. The number of alkyl halides is 3. The lowest BCUT2D eigenvalue weighted by Crippen LogP contribution is -2.61. The molecule has 4 heterocycles. The van der Waals surface area contributed by atoms with Gasteiger partial charge in [-0.15, -0.1) is 0 Å². The summed E-state index contributed by atoms with van der Waals surface area (Å²) in [6.07, 6.45) is 1.08. The minimum atomic E-state index is -5.08. The molecule has 3 atom stereocenters. The van der Waals surface area contributed by atoms with Crippen molar-refractivity contribution in [2.45, 2.75) is 44.0 Å². The number of halogens is 4. The number of aromatic nitrogens is 2. The summed E-state index contributed by atoms with van der Waals surface area (Å²) >= 11 is 0. The number of amides is 1. The normalized spacial score (nSPS) is 26.7. The zero-order valence-corrected chi connectivity index (χ0v) is 16.0. The summed E-state index contributed by atoms with van der Waals surface area (Å²) in [6, 6.07) is 0.0395. The first-order valence-corrected chi connectivity index (χ1v) is 9.60. The van der Waals surface area contributed by atoms with Gasteiger partial charge in [-0.1, -0.05) is 0 Å². The fourth-order valence-corrected chi connectivity index (χ4v) is 4.10. The van der Waals surface area contributed by atoms with Crippen molar-refractivity contribution in [2.75, 3.05) is 31.1 Å². The molecule has 3 aliphatic heterocycles. The van der Waals surface area contributed by atoms with E-state index in [-0.39, 0.29) is 18.1 Å². The number of nitrogens with zero attached hydrogens (tertiary/aromatic N) is 4. The molecule has 0 radical (unpaired) electrons. The molecule has 0 spiro atoms. The highest BCUT2D eigenvalue weighted by Gasteiger charge is 2.44. The third-order valence-corrected chi connectivity index (χ3v) is 5.38. The second-order valence-electron chi connectivity index (χ2n) is 7.40. The second kappa shape index (κ2) is 9.11. The molecule has 0 saturated carbocycles. The van der Waals surface area contributed by atoms with Gasteiger partial charge in [-0.05, 0) is 19.3 Å². The Hall–Kier alpha value is -2.50. The average Bonchev–Trinajstić information content (AvgIpc) is 3.13. The topological polar surface area (TPSA) is 95.9 Å². The number of hydrogen-bond donors (Lipinski definition) is 1. The van der Waals surface area contributed by atoms with Crippen LogP contribution in [0.2, 0.25) is 0 Å². The van der Waals surface area contributed by atoms with Crippen LogP contribution in [0.25, 0.3) is 0 Å². The van der Waals surface area contributed by atoms with Crippen molar-refractivity contribution in [2.24, 2.45) is 5.92 Å². The second-order valence-corrected chi connectivity index (χ2v) is 7.40. The fourth-order valence-electron chi connectivity index (χ4n) is 4.10. The Kier molecular flexibility index (Phi) is 6.74. The summed E-state index contributed by atoms with van der Waals surface area (Å²) in [5.74, 6) is -2.08. The van der Waals surface area contributed by atoms with Crippen LogP contribution in [-0.2, 0) is 14.3 Å². The minimum Gasteiger partial charge on any atom is -0.475 e. The van der Waals surface area contributed by atoms with Gasteiger partial charge < -0.3 is 19.6 Å². The van der Waals surface area contributed by atoms with E-state index in [1.807, 2.05) is 4.90 Å². The molecule has 166 valence electrons. The highest BCUT2D eigenvalue weighted by atomic mass is 19.4. The molecule has 0 aromatic carbocycles. The molecule has 1 amide bonds. The number of aliphatic carboxylic acids is 1. The van der Waals surface area contributed by atoms with Crippen LogP contribution >= 0.6 is 0 Å². The number of hydrogen-bond acceptors (Lipinski definition) is 6.